The summed E-state index contributed by atoms with van der Waals surface area (Å²) in [5.41, 5.74) is 0.506. The van der Waals surface area contributed by atoms with E-state index in [9.17, 15) is 9.50 Å². The molecule has 1 aromatic carbocycles. The molecule has 0 spiro atoms. The first-order chi connectivity index (χ1) is 7.50. The van der Waals surface area contributed by atoms with Crippen molar-refractivity contribution in [1.82, 2.24) is 0 Å². The van der Waals surface area contributed by atoms with Crippen molar-refractivity contribution in [3.8, 4) is 0 Å². The van der Waals surface area contributed by atoms with Crippen molar-refractivity contribution in [1.29, 1.82) is 0 Å². The zero-order valence-electron chi connectivity index (χ0n) is 9.71. The van der Waals surface area contributed by atoms with Crippen LogP contribution in [0.15, 0.2) is 18.2 Å². The van der Waals surface area contributed by atoms with Crippen LogP contribution < -0.4 is 0 Å². The van der Waals surface area contributed by atoms with E-state index in [-0.39, 0.29) is 11.9 Å². The SMILES string of the molecule is CC(C)CC(O)CCc1c(F)cccc1Cl. The van der Waals surface area contributed by atoms with Crippen molar-refractivity contribution >= 4 is 11.6 Å². The Morgan fingerprint density at radius 1 is 1.38 bits per heavy atom. The van der Waals surface area contributed by atoms with Gasteiger partial charge in [0.15, 0.2) is 0 Å². The van der Waals surface area contributed by atoms with Crippen molar-refractivity contribution in [3.05, 3.63) is 34.6 Å². The van der Waals surface area contributed by atoms with Crippen LogP contribution in [0, 0.1) is 11.7 Å². The third kappa shape index (κ3) is 4.11. The first kappa shape index (κ1) is 13.5. The van der Waals surface area contributed by atoms with E-state index in [4.69, 9.17) is 11.6 Å². The van der Waals surface area contributed by atoms with E-state index in [0.29, 0.717) is 29.3 Å². The van der Waals surface area contributed by atoms with Gasteiger partial charge in [-0.2, -0.15) is 0 Å². The molecule has 0 fully saturated rings. The fourth-order valence-corrected chi connectivity index (χ4v) is 2.00. The van der Waals surface area contributed by atoms with Gasteiger partial charge in [0.1, 0.15) is 5.82 Å². The monoisotopic (exact) mass is 244 g/mol. The molecule has 16 heavy (non-hydrogen) atoms. The van der Waals surface area contributed by atoms with Gasteiger partial charge < -0.3 is 5.11 Å². The average molecular weight is 245 g/mol. The molecule has 1 aromatic rings. The van der Waals surface area contributed by atoms with E-state index in [1.165, 1.54) is 6.07 Å². The van der Waals surface area contributed by atoms with Crippen LogP contribution in [0.4, 0.5) is 4.39 Å². The molecule has 0 aliphatic heterocycles. The maximum atomic E-state index is 13.4. The van der Waals surface area contributed by atoms with Crippen LogP contribution in [0.25, 0.3) is 0 Å². The van der Waals surface area contributed by atoms with Gasteiger partial charge in [0.25, 0.3) is 0 Å². The Balaban J connectivity index is 2.54. The van der Waals surface area contributed by atoms with Crippen LogP contribution in [0.2, 0.25) is 5.02 Å². The average Bonchev–Trinajstić information content (AvgIpc) is 2.15. The van der Waals surface area contributed by atoms with Gasteiger partial charge >= 0.3 is 0 Å². The number of benzene rings is 1. The van der Waals surface area contributed by atoms with Gasteiger partial charge in [0, 0.05) is 10.6 Å². The highest BCUT2D eigenvalue weighted by molar-refractivity contribution is 6.31. The van der Waals surface area contributed by atoms with Crippen molar-refractivity contribution in [3.63, 3.8) is 0 Å². The quantitative estimate of drug-likeness (QED) is 0.835. The Morgan fingerprint density at radius 2 is 2.06 bits per heavy atom. The van der Waals surface area contributed by atoms with Gasteiger partial charge in [0.2, 0.25) is 0 Å². The molecule has 1 rings (SSSR count). The normalized spacial score (nSPS) is 13.1. The van der Waals surface area contributed by atoms with E-state index in [0.717, 1.165) is 6.42 Å². The molecule has 1 atom stereocenters. The molecular weight excluding hydrogens is 227 g/mol. The van der Waals surface area contributed by atoms with Crippen molar-refractivity contribution in [2.45, 2.75) is 39.2 Å². The molecule has 0 aromatic heterocycles. The molecule has 3 heteroatoms. The molecule has 0 saturated heterocycles. The number of rotatable bonds is 5. The summed E-state index contributed by atoms with van der Waals surface area (Å²) in [6.07, 6.45) is 1.40. The molecule has 1 nitrogen and oxygen atoms in total. The Bertz CT molecular complexity index is 318. The Morgan fingerprint density at radius 3 is 2.62 bits per heavy atom. The van der Waals surface area contributed by atoms with E-state index in [1.54, 1.807) is 12.1 Å². The summed E-state index contributed by atoms with van der Waals surface area (Å²) >= 11 is 5.90. The second kappa shape index (κ2) is 6.21. The number of aliphatic hydroxyl groups excluding tert-OH is 1. The topological polar surface area (TPSA) is 20.2 Å². The zero-order valence-corrected chi connectivity index (χ0v) is 10.5. The summed E-state index contributed by atoms with van der Waals surface area (Å²) in [5, 5.41) is 10.1. The molecule has 1 unspecified atom stereocenters. The van der Waals surface area contributed by atoms with Crippen molar-refractivity contribution < 1.29 is 9.50 Å². The number of aliphatic hydroxyl groups is 1. The molecule has 0 amide bonds. The lowest BCUT2D eigenvalue weighted by atomic mass is 9.99. The van der Waals surface area contributed by atoms with Crippen LogP contribution in [0.3, 0.4) is 0 Å². The summed E-state index contributed by atoms with van der Waals surface area (Å²) in [7, 11) is 0. The molecule has 0 aliphatic rings. The minimum atomic E-state index is -0.379. The van der Waals surface area contributed by atoms with Crippen LogP contribution in [-0.2, 0) is 6.42 Å². The predicted octanol–water partition coefficient (Wildman–Crippen LogP) is 3.82. The Labute approximate surface area is 101 Å². The fraction of sp³-hybridized carbons (Fsp3) is 0.538. The minimum absolute atomic E-state index is 0.288. The highest BCUT2D eigenvalue weighted by Gasteiger charge is 2.11. The van der Waals surface area contributed by atoms with E-state index >= 15 is 0 Å². The number of halogens is 2. The molecular formula is C13H18ClFO. The lowest BCUT2D eigenvalue weighted by Crippen LogP contribution is -2.11. The summed E-state index contributed by atoms with van der Waals surface area (Å²) in [5.74, 6) is 0.162. The third-order valence-electron chi connectivity index (χ3n) is 2.53. The summed E-state index contributed by atoms with van der Waals surface area (Å²) in [6, 6.07) is 4.66. The van der Waals surface area contributed by atoms with Gasteiger partial charge in [-0.15, -0.1) is 0 Å². The molecule has 90 valence electrons. The Kier molecular flexibility index (Phi) is 5.23. The molecule has 1 N–H and O–H groups in total. The first-order valence-electron chi connectivity index (χ1n) is 5.61. The summed E-state index contributed by atoms with van der Waals surface area (Å²) in [6.45, 7) is 4.11. The molecule has 0 aliphatic carbocycles. The second-order valence-corrected chi connectivity index (χ2v) is 4.93. The first-order valence-corrected chi connectivity index (χ1v) is 5.99. The minimum Gasteiger partial charge on any atom is -0.393 e. The van der Waals surface area contributed by atoms with E-state index in [1.807, 2.05) is 0 Å². The second-order valence-electron chi connectivity index (χ2n) is 4.52. The van der Waals surface area contributed by atoms with Gasteiger partial charge in [0.05, 0.1) is 6.10 Å². The van der Waals surface area contributed by atoms with E-state index in [2.05, 4.69) is 13.8 Å². The predicted molar refractivity (Wildman–Crippen MR) is 65.2 cm³/mol. The van der Waals surface area contributed by atoms with Crippen molar-refractivity contribution in [2.24, 2.45) is 5.92 Å². The van der Waals surface area contributed by atoms with Crippen LogP contribution in [0.1, 0.15) is 32.3 Å². The van der Waals surface area contributed by atoms with Gasteiger partial charge in [-0.3, -0.25) is 0 Å². The molecule has 0 radical (unpaired) electrons. The van der Waals surface area contributed by atoms with Gasteiger partial charge in [-0.05, 0) is 37.3 Å². The highest BCUT2D eigenvalue weighted by atomic mass is 35.5. The van der Waals surface area contributed by atoms with Crippen LogP contribution in [0.5, 0.6) is 0 Å². The van der Waals surface area contributed by atoms with Gasteiger partial charge in [-0.25, -0.2) is 4.39 Å². The van der Waals surface area contributed by atoms with Crippen LogP contribution >= 0.6 is 11.6 Å². The lowest BCUT2D eigenvalue weighted by molar-refractivity contribution is 0.139. The maximum absolute atomic E-state index is 13.4. The molecule has 0 bridgehead atoms. The smallest absolute Gasteiger partial charge is 0.127 e. The van der Waals surface area contributed by atoms with Gasteiger partial charge in [-0.1, -0.05) is 31.5 Å². The Hall–Kier alpha value is -0.600. The highest BCUT2D eigenvalue weighted by Crippen LogP contribution is 2.21. The number of hydrogen-bond acceptors (Lipinski definition) is 1. The largest absolute Gasteiger partial charge is 0.393 e. The maximum Gasteiger partial charge on any atom is 0.127 e. The molecule has 0 heterocycles. The summed E-state index contributed by atoms with van der Waals surface area (Å²) in [4.78, 5) is 0. The van der Waals surface area contributed by atoms with Crippen molar-refractivity contribution in [2.75, 3.05) is 0 Å². The standard InChI is InChI=1S/C13H18ClFO/c1-9(2)8-10(16)6-7-11-12(14)4-3-5-13(11)15/h3-5,9-10,16H,6-8H2,1-2H3. The number of hydrogen-bond donors (Lipinski definition) is 1. The van der Waals surface area contributed by atoms with E-state index < -0.39 is 0 Å². The molecule has 0 saturated carbocycles. The fourth-order valence-electron chi connectivity index (χ4n) is 1.74. The van der Waals surface area contributed by atoms with Crippen LogP contribution in [-0.4, -0.2) is 11.2 Å². The lowest BCUT2D eigenvalue weighted by Gasteiger charge is -2.13. The third-order valence-corrected chi connectivity index (χ3v) is 2.89. The zero-order chi connectivity index (χ0) is 12.1. The summed E-state index contributed by atoms with van der Waals surface area (Å²) < 4.78 is 13.4.